The lowest BCUT2D eigenvalue weighted by Crippen LogP contribution is -2.03. The predicted octanol–water partition coefficient (Wildman–Crippen LogP) is 0.255. The highest BCUT2D eigenvalue weighted by Crippen LogP contribution is 2.27. The molecule has 0 unspecified atom stereocenters. The highest BCUT2D eigenvalue weighted by atomic mass is 16.4. The summed E-state index contributed by atoms with van der Waals surface area (Å²) in [6, 6.07) is 2.39. The zero-order valence-electron chi connectivity index (χ0n) is 6.11. The molecule has 12 heavy (non-hydrogen) atoms. The number of phenolic OH excluding ortho intramolecular Hbond substituents is 1. The first-order chi connectivity index (χ1) is 5.52. The van der Waals surface area contributed by atoms with Gasteiger partial charge in [-0.25, -0.2) is 4.79 Å². The first-order valence-corrected chi connectivity index (χ1v) is 3.13. The van der Waals surface area contributed by atoms with Gasteiger partial charge in [-0.05, 0) is 6.07 Å². The van der Waals surface area contributed by atoms with Crippen LogP contribution < -0.4 is 11.5 Å². The van der Waals surface area contributed by atoms with Crippen LogP contribution in [-0.2, 0) is 0 Å². The van der Waals surface area contributed by atoms with Gasteiger partial charge in [-0.3, -0.25) is 0 Å². The number of rotatable bonds is 1. The summed E-state index contributed by atoms with van der Waals surface area (Å²) < 4.78 is 0. The van der Waals surface area contributed by atoms with E-state index >= 15 is 0 Å². The Labute approximate surface area is 68.2 Å². The van der Waals surface area contributed by atoms with Gasteiger partial charge in [0.2, 0.25) is 0 Å². The molecular formula is C7H8N2O3. The number of carbonyl (C=O) groups is 1. The third-order valence-electron chi connectivity index (χ3n) is 1.41. The lowest BCUT2D eigenvalue weighted by atomic mass is 10.1. The molecule has 1 aromatic rings. The summed E-state index contributed by atoms with van der Waals surface area (Å²) in [7, 11) is 0. The van der Waals surface area contributed by atoms with Crippen LogP contribution in [0.15, 0.2) is 12.1 Å². The number of hydrogen-bond acceptors (Lipinski definition) is 4. The van der Waals surface area contributed by atoms with Gasteiger partial charge < -0.3 is 21.7 Å². The van der Waals surface area contributed by atoms with Crippen LogP contribution in [-0.4, -0.2) is 16.2 Å². The number of carboxylic acid groups (broad SMARTS) is 1. The molecular weight excluding hydrogens is 160 g/mol. The fraction of sp³-hybridized carbons (Fsp3) is 0. The Morgan fingerprint density at radius 2 is 1.92 bits per heavy atom. The second kappa shape index (κ2) is 2.61. The van der Waals surface area contributed by atoms with Gasteiger partial charge >= 0.3 is 5.97 Å². The molecule has 6 N–H and O–H groups in total. The van der Waals surface area contributed by atoms with Crippen LogP contribution >= 0.6 is 0 Å². The van der Waals surface area contributed by atoms with E-state index in [2.05, 4.69) is 0 Å². The van der Waals surface area contributed by atoms with Crippen LogP contribution in [0.5, 0.6) is 5.75 Å². The zero-order valence-corrected chi connectivity index (χ0v) is 6.11. The Hall–Kier alpha value is -1.91. The molecule has 0 spiro atoms. The minimum Gasteiger partial charge on any atom is -0.506 e. The molecule has 0 saturated heterocycles. The lowest BCUT2D eigenvalue weighted by Gasteiger charge is -2.03. The van der Waals surface area contributed by atoms with E-state index in [1.807, 2.05) is 0 Å². The van der Waals surface area contributed by atoms with Gasteiger partial charge in [0.05, 0.1) is 11.3 Å². The smallest absolute Gasteiger partial charge is 0.338 e. The van der Waals surface area contributed by atoms with Crippen molar-refractivity contribution < 1.29 is 15.0 Å². The number of hydrogen-bond donors (Lipinski definition) is 4. The number of phenols is 1. The van der Waals surface area contributed by atoms with Crippen molar-refractivity contribution in [2.24, 2.45) is 0 Å². The highest BCUT2D eigenvalue weighted by Gasteiger charge is 2.11. The molecule has 0 aliphatic heterocycles. The monoisotopic (exact) mass is 168 g/mol. The van der Waals surface area contributed by atoms with Crippen molar-refractivity contribution in [3.63, 3.8) is 0 Å². The zero-order chi connectivity index (χ0) is 9.30. The normalized spacial score (nSPS) is 9.67. The van der Waals surface area contributed by atoms with E-state index in [9.17, 15) is 4.79 Å². The highest BCUT2D eigenvalue weighted by molar-refractivity contribution is 5.96. The van der Waals surface area contributed by atoms with Gasteiger partial charge in [-0.15, -0.1) is 0 Å². The van der Waals surface area contributed by atoms with Gasteiger partial charge in [0.15, 0.2) is 0 Å². The molecule has 0 atom stereocenters. The average molecular weight is 168 g/mol. The molecule has 0 heterocycles. The SMILES string of the molecule is Nc1cc(O)c(N)c(C(=O)O)c1. The van der Waals surface area contributed by atoms with Crippen molar-refractivity contribution in [1.82, 2.24) is 0 Å². The number of benzene rings is 1. The summed E-state index contributed by atoms with van der Waals surface area (Å²) in [6.45, 7) is 0. The molecule has 0 aromatic heterocycles. The Kier molecular flexibility index (Phi) is 1.78. The van der Waals surface area contributed by atoms with E-state index in [1.54, 1.807) is 0 Å². The fourth-order valence-electron chi connectivity index (χ4n) is 0.837. The lowest BCUT2D eigenvalue weighted by molar-refractivity contribution is 0.0697. The molecule has 1 aromatic carbocycles. The first-order valence-electron chi connectivity index (χ1n) is 3.13. The predicted molar refractivity (Wildman–Crippen MR) is 43.9 cm³/mol. The Morgan fingerprint density at radius 3 is 2.42 bits per heavy atom. The van der Waals surface area contributed by atoms with Crippen LogP contribution in [0, 0.1) is 0 Å². The summed E-state index contributed by atoms with van der Waals surface area (Å²) in [5.74, 6) is -1.53. The summed E-state index contributed by atoms with van der Waals surface area (Å²) in [5.41, 5.74) is 10.4. The molecule has 0 saturated carbocycles. The topological polar surface area (TPSA) is 110 Å². The van der Waals surface area contributed by atoms with Gasteiger partial charge in [0, 0.05) is 11.8 Å². The number of anilines is 2. The van der Waals surface area contributed by atoms with Crippen molar-refractivity contribution in [2.45, 2.75) is 0 Å². The third kappa shape index (κ3) is 1.24. The largest absolute Gasteiger partial charge is 0.506 e. The maximum atomic E-state index is 10.5. The molecule has 0 aliphatic carbocycles. The van der Waals surface area contributed by atoms with Crippen LogP contribution in [0.25, 0.3) is 0 Å². The number of carboxylic acids is 1. The fourth-order valence-corrected chi connectivity index (χ4v) is 0.837. The number of nitrogens with two attached hydrogens (primary N) is 2. The van der Waals surface area contributed by atoms with Gasteiger partial charge in [-0.2, -0.15) is 0 Å². The van der Waals surface area contributed by atoms with Crippen LogP contribution in [0.1, 0.15) is 10.4 Å². The average Bonchev–Trinajstić information content (AvgIpc) is 1.96. The molecule has 0 fully saturated rings. The van der Waals surface area contributed by atoms with Gasteiger partial charge in [0.25, 0.3) is 0 Å². The maximum absolute atomic E-state index is 10.5. The van der Waals surface area contributed by atoms with Crippen LogP contribution in [0.3, 0.4) is 0 Å². The van der Waals surface area contributed by atoms with Gasteiger partial charge in [-0.1, -0.05) is 0 Å². The summed E-state index contributed by atoms with van der Waals surface area (Å²) >= 11 is 0. The molecule has 0 radical (unpaired) electrons. The van der Waals surface area contributed by atoms with E-state index in [4.69, 9.17) is 21.7 Å². The van der Waals surface area contributed by atoms with E-state index in [1.165, 1.54) is 12.1 Å². The van der Waals surface area contributed by atoms with Crippen molar-refractivity contribution in [2.75, 3.05) is 11.5 Å². The van der Waals surface area contributed by atoms with Crippen molar-refractivity contribution >= 4 is 17.3 Å². The molecule has 0 bridgehead atoms. The molecule has 1 rings (SSSR count). The molecule has 0 aliphatic rings. The maximum Gasteiger partial charge on any atom is 0.338 e. The third-order valence-corrected chi connectivity index (χ3v) is 1.41. The van der Waals surface area contributed by atoms with Crippen LogP contribution in [0.2, 0.25) is 0 Å². The second-order valence-corrected chi connectivity index (χ2v) is 2.31. The number of aromatic carboxylic acids is 1. The quantitative estimate of drug-likeness (QED) is 0.355. The molecule has 0 amide bonds. The summed E-state index contributed by atoms with van der Waals surface area (Å²) in [5, 5.41) is 17.6. The van der Waals surface area contributed by atoms with Gasteiger partial charge in [0.1, 0.15) is 5.75 Å². The minimum atomic E-state index is -1.21. The van der Waals surface area contributed by atoms with Crippen molar-refractivity contribution in [1.29, 1.82) is 0 Å². The Balaban J connectivity index is 3.37. The minimum absolute atomic E-state index is 0.166. The summed E-state index contributed by atoms with van der Waals surface area (Å²) in [4.78, 5) is 10.5. The number of nitrogen functional groups attached to an aromatic ring is 2. The van der Waals surface area contributed by atoms with Crippen molar-refractivity contribution in [3.05, 3.63) is 17.7 Å². The van der Waals surface area contributed by atoms with Crippen LogP contribution in [0.4, 0.5) is 11.4 Å². The Bertz CT molecular complexity index is 336. The van der Waals surface area contributed by atoms with E-state index in [0.717, 1.165) is 0 Å². The molecule has 5 nitrogen and oxygen atoms in total. The molecule has 5 heteroatoms. The Morgan fingerprint density at radius 1 is 1.33 bits per heavy atom. The summed E-state index contributed by atoms with van der Waals surface area (Å²) in [6.07, 6.45) is 0. The van der Waals surface area contributed by atoms with E-state index in [-0.39, 0.29) is 22.7 Å². The van der Waals surface area contributed by atoms with E-state index in [0.29, 0.717) is 0 Å². The molecule has 64 valence electrons. The van der Waals surface area contributed by atoms with Crippen molar-refractivity contribution in [3.8, 4) is 5.75 Å². The number of aromatic hydroxyl groups is 1. The first kappa shape index (κ1) is 8.19. The standard InChI is InChI=1S/C7H8N2O3/c8-3-1-4(7(11)12)6(9)5(10)2-3/h1-2,10H,8-9H2,(H,11,12). The second-order valence-electron chi connectivity index (χ2n) is 2.31. The van der Waals surface area contributed by atoms with E-state index < -0.39 is 5.97 Å².